The molecule has 0 aliphatic carbocycles. The zero-order valence-corrected chi connectivity index (χ0v) is 18.7. The highest BCUT2D eigenvalue weighted by molar-refractivity contribution is 6.14. The van der Waals surface area contributed by atoms with Crippen molar-refractivity contribution in [1.82, 2.24) is 14.8 Å². The van der Waals surface area contributed by atoms with Crippen molar-refractivity contribution in [1.29, 1.82) is 0 Å². The molecule has 35 heavy (non-hydrogen) atoms. The highest BCUT2D eigenvalue weighted by atomic mass is 19.1. The van der Waals surface area contributed by atoms with Gasteiger partial charge in [-0.05, 0) is 42.0 Å². The van der Waals surface area contributed by atoms with E-state index in [1.165, 1.54) is 31.4 Å². The van der Waals surface area contributed by atoms with Crippen LogP contribution in [0.3, 0.4) is 0 Å². The van der Waals surface area contributed by atoms with Gasteiger partial charge in [-0.15, -0.1) is 0 Å². The maximum atomic E-state index is 13.2. The largest absolute Gasteiger partial charge is 0.463 e. The fourth-order valence-electron chi connectivity index (χ4n) is 4.01. The molecule has 3 heterocycles. The number of ether oxygens (including phenoxy) is 1. The Morgan fingerprint density at radius 2 is 1.83 bits per heavy atom. The maximum absolute atomic E-state index is 13.2. The molecule has 1 aliphatic heterocycles. The van der Waals surface area contributed by atoms with E-state index < -0.39 is 17.9 Å². The number of carbonyl (C=O) groups is 3. The fourth-order valence-corrected chi connectivity index (χ4v) is 4.01. The number of rotatable bonds is 6. The summed E-state index contributed by atoms with van der Waals surface area (Å²) in [6, 6.07) is 16.0. The SMILES string of the molecule is COC(=O)c1ccc(Cn2cc(/C=C3\NC(=O)N(Cc4ccc(F)cc4)C3=O)c3ccccc32)o1. The molecule has 176 valence electrons. The van der Waals surface area contributed by atoms with Crippen molar-refractivity contribution >= 4 is 34.9 Å². The number of para-hydroxylation sites is 1. The molecule has 0 spiro atoms. The van der Waals surface area contributed by atoms with Gasteiger partial charge in [-0.25, -0.2) is 14.0 Å². The van der Waals surface area contributed by atoms with Gasteiger partial charge >= 0.3 is 12.0 Å². The van der Waals surface area contributed by atoms with E-state index in [1.807, 2.05) is 35.0 Å². The molecule has 1 fully saturated rings. The van der Waals surface area contributed by atoms with Gasteiger partial charge in [0.1, 0.15) is 17.3 Å². The average Bonchev–Trinajstić information content (AvgIpc) is 3.54. The predicted octanol–water partition coefficient (Wildman–Crippen LogP) is 4.30. The molecule has 1 aliphatic rings. The number of nitrogens with one attached hydrogen (secondary N) is 1. The number of furan rings is 1. The molecule has 0 atom stereocenters. The van der Waals surface area contributed by atoms with E-state index in [0.29, 0.717) is 17.9 Å². The van der Waals surface area contributed by atoms with Gasteiger partial charge in [-0.3, -0.25) is 9.69 Å². The smallest absolute Gasteiger partial charge is 0.373 e. The van der Waals surface area contributed by atoms with Crippen molar-refractivity contribution < 1.29 is 27.9 Å². The Morgan fingerprint density at radius 1 is 1.06 bits per heavy atom. The molecule has 2 aromatic heterocycles. The summed E-state index contributed by atoms with van der Waals surface area (Å²) in [5, 5.41) is 3.50. The van der Waals surface area contributed by atoms with E-state index in [9.17, 15) is 18.8 Å². The average molecular weight is 473 g/mol. The summed E-state index contributed by atoms with van der Waals surface area (Å²) in [5.41, 5.74) is 2.39. The van der Waals surface area contributed by atoms with Crippen molar-refractivity contribution in [3.63, 3.8) is 0 Å². The second-order valence-electron chi connectivity index (χ2n) is 7.99. The first-order valence-corrected chi connectivity index (χ1v) is 10.8. The summed E-state index contributed by atoms with van der Waals surface area (Å²) in [6.45, 7) is 0.378. The second kappa shape index (κ2) is 8.94. The number of halogens is 1. The molecule has 4 aromatic rings. The summed E-state index contributed by atoms with van der Waals surface area (Å²) in [7, 11) is 1.29. The van der Waals surface area contributed by atoms with Crippen LogP contribution in [0.25, 0.3) is 17.0 Å². The number of imide groups is 1. The summed E-state index contributed by atoms with van der Waals surface area (Å²) >= 11 is 0. The van der Waals surface area contributed by atoms with Crippen LogP contribution in [0.2, 0.25) is 0 Å². The zero-order valence-electron chi connectivity index (χ0n) is 18.7. The molecule has 0 unspecified atom stereocenters. The molecule has 3 amide bonds. The minimum atomic E-state index is -0.556. The van der Waals surface area contributed by atoms with Gasteiger partial charge in [0, 0.05) is 22.7 Å². The van der Waals surface area contributed by atoms with Gasteiger partial charge in [-0.1, -0.05) is 30.3 Å². The number of hydrogen-bond donors (Lipinski definition) is 1. The van der Waals surface area contributed by atoms with Gasteiger partial charge in [0.05, 0.1) is 20.2 Å². The Balaban J connectivity index is 1.43. The Morgan fingerprint density at radius 3 is 2.60 bits per heavy atom. The first-order chi connectivity index (χ1) is 16.9. The molecule has 8 nitrogen and oxygen atoms in total. The summed E-state index contributed by atoms with van der Waals surface area (Å²) in [6.07, 6.45) is 3.48. The molecular formula is C26H20FN3O5. The lowest BCUT2D eigenvalue weighted by Crippen LogP contribution is -2.30. The van der Waals surface area contributed by atoms with Crippen molar-refractivity contribution in [2.24, 2.45) is 0 Å². The monoisotopic (exact) mass is 473 g/mol. The van der Waals surface area contributed by atoms with E-state index in [4.69, 9.17) is 4.42 Å². The van der Waals surface area contributed by atoms with E-state index in [-0.39, 0.29) is 23.8 Å². The van der Waals surface area contributed by atoms with Crippen LogP contribution in [-0.4, -0.2) is 34.5 Å². The number of carbonyl (C=O) groups excluding carboxylic acids is 3. The summed E-state index contributed by atoms with van der Waals surface area (Å²) in [5.74, 6) is -0.744. The Labute approximate surface area is 199 Å². The Hall–Kier alpha value is -4.66. The number of fused-ring (bicyclic) bond motifs is 1. The van der Waals surface area contributed by atoms with Crippen molar-refractivity contribution in [3.8, 4) is 0 Å². The zero-order chi connectivity index (χ0) is 24.5. The lowest BCUT2D eigenvalue weighted by atomic mass is 10.1. The van der Waals surface area contributed by atoms with Crippen LogP contribution in [0, 0.1) is 5.82 Å². The first-order valence-electron chi connectivity index (χ1n) is 10.8. The van der Waals surface area contributed by atoms with Gasteiger partial charge in [-0.2, -0.15) is 0 Å². The van der Waals surface area contributed by atoms with Crippen LogP contribution < -0.4 is 5.32 Å². The summed E-state index contributed by atoms with van der Waals surface area (Å²) < 4.78 is 25.4. The highest BCUT2D eigenvalue weighted by Gasteiger charge is 2.33. The number of benzene rings is 2. The molecule has 9 heteroatoms. The second-order valence-corrected chi connectivity index (χ2v) is 7.99. The normalized spacial score (nSPS) is 14.7. The predicted molar refractivity (Wildman–Crippen MR) is 125 cm³/mol. The van der Waals surface area contributed by atoms with Gasteiger partial charge in [0.15, 0.2) is 0 Å². The fraction of sp³-hybridized carbons (Fsp3) is 0.115. The van der Waals surface area contributed by atoms with Crippen molar-refractivity contribution in [3.05, 3.63) is 101 Å². The number of aromatic nitrogens is 1. The van der Waals surface area contributed by atoms with Crippen LogP contribution in [0.15, 0.2) is 77.0 Å². The van der Waals surface area contributed by atoms with Crippen LogP contribution in [0.5, 0.6) is 0 Å². The van der Waals surface area contributed by atoms with E-state index in [0.717, 1.165) is 21.4 Å². The van der Waals surface area contributed by atoms with Crippen LogP contribution >= 0.6 is 0 Å². The maximum Gasteiger partial charge on any atom is 0.373 e. The van der Waals surface area contributed by atoms with E-state index in [2.05, 4.69) is 10.1 Å². The lowest BCUT2D eigenvalue weighted by Gasteiger charge is -2.11. The summed E-state index contributed by atoms with van der Waals surface area (Å²) in [4.78, 5) is 38.2. The van der Waals surface area contributed by atoms with Gasteiger partial charge in [0.25, 0.3) is 5.91 Å². The quantitative estimate of drug-likeness (QED) is 0.256. The van der Waals surface area contributed by atoms with E-state index in [1.54, 1.807) is 18.2 Å². The molecule has 0 radical (unpaired) electrons. The first kappa shape index (κ1) is 22.1. The van der Waals surface area contributed by atoms with Crippen molar-refractivity contribution in [2.45, 2.75) is 13.1 Å². The highest BCUT2D eigenvalue weighted by Crippen LogP contribution is 2.26. The number of urea groups is 1. The molecule has 0 bridgehead atoms. The number of methoxy groups -OCH3 is 1. The van der Waals surface area contributed by atoms with Crippen LogP contribution in [-0.2, 0) is 22.6 Å². The van der Waals surface area contributed by atoms with Gasteiger partial charge in [0.2, 0.25) is 5.76 Å². The number of hydrogen-bond acceptors (Lipinski definition) is 5. The van der Waals surface area contributed by atoms with Crippen LogP contribution in [0.4, 0.5) is 9.18 Å². The Bertz CT molecular complexity index is 1480. The minimum absolute atomic E-state index is 0.0328. The molecule has 1 N–H and O–H groups in total. The van der Waals surface area contributed by atoms with E-state index >= 15 is 0 Å². The molecular weight excluding hydrogens is 453 g/mol. The molecule has 1 saturated heterocycles. The third-order valence-corrected chi connectivity index (χ3v) is 5.71. The molecule has 0 saturated carbocycles. The van der Waals surface area contributed by atoms with Gasteiger partial charge < -0.3 is 19.0 Å². The molecule has 2 aromatic carbocycles. The Kier molecular flexibility index (Phi) is 5.66. The third kappa shape index (κ3) is 4.31. The standard InChI is InChI=1S/C26H20FN3O5/c1-34-25(32)23-11-10-19(35-23)15-29-14-17(20-4-2-3-5-22(20)29)12-21-24(31)30(26(33)28-21)13-16-6-8-18(27)9-7-16/h2-12,14H,13,15H2,1H3,(H,28,33)/b21-12-. The van der Waals surface area contributed by atoms with Crippen molar-refractivity contribution in [2.75, 3.05) is 7.11 Å². The number of nitrogens with zero attached hydrogens (tertiary/aromatic N) is 2. The third-order valence-electron chi connectivity index (χ3n) is 5.71. The lowest BCUT2D eigenvalue weighted by molar-refractivity contribution is -0.123. The molecule has 5 rings (SSSR count). The number of esters is 1. The minimum Gasteiger partial charge on any atom is -0.463 e. The van der Waals surface area contributed by atoms with Crippen LogP contribution in [0.1, 0.15) is 27.4 Å². The number of amides is 3. The topological polar surface area (TPSA) is 93.8 Å².